The molecule has 0 saturated heterocycles. The first kappa shape index (κ1) is 10.4. The highest BCUT2D eigenvalue weighted by molar-refractivity contribution is 6.30. The van der Waals surface area contributed by atoms with E-state index < -0.39 is 11.7 Å². The predicted molar refractivity (Wildman–Crippen MR) is 45.9 cm³/mol. The Balaban J connectivity index is 3.37. The van der Waals surface area contributed by atoms with E-state index in [1.54, 1.807) is 6.92 Å². The Morgan fingerprint density at radius 3 is 2.15 bits per heavy atom. The molecule has 1 aromatic carbocycles. The van der Waals surface area contributed by atoms with Crippen molar-refractivity contribution in [3.63, 3.8) is 0 Å². The van der Waals surface area contributed by atoms with Crippen LogP contribution in [-0.2, 0) is 6.18 Å². The third-order valence-corrected chi connectivity index (χ3v) is 2.16. The molecule has 0 radical (unpaired) electrons. The van der Waals surface area contributed by atoms with Crippen molar-refractivity contribution in [2.24, 2.45) is 0 Å². The Morgan fingerprint density at radius 2 is 1.69 bits per heavy atom. The van der Waals surface area contributed by atoms with Crippen LogP contribution in [0.3, 0.4) is 0 Å². The van der Waals surface area contributed by atoms with E-state index in [2.05, 4.69) is 0 Å². The number of hydrogen-bond acceptors (Lipinski definition) is 0. The molecular weight excluding hydrogens is 201 g/mol. The molecule has 0 amide bonds. The molecule has 0 nitrogen and oxygen atoms in total. The zero-order chi connectivity index (χ0) is 10.2. The van der Waals surface area contributed by atoms with Gasteiger partial charge in [0.05, 0.1) is 5.56 Å². The second kappa shape index (κ2) is 3.22. The molecule has 0 bridgehead atoms. The summed E-state index contributed by atoms with van der Waals surface area (Å²) in [5.41, 5.74) is 0.134. The summed E-state index contributed by atoms with van der Waals surface area (Å²) in [6, 6.07) is 2.47. The third kappa shape index (κ3) is 2.15. The van der Waals surface area contributed by atoms with Crippen LogP contribution in [0.2, 0.25) is 5.02 Å². The van der Waals surface area contributed by atoms with Gasteiger partial charge in [-0.1, -0.05) is 11.6 Å². The molecule has 0 spiro atoms. The lowest BCUT2D eigenvalue weighted by Crippen LogP contribution is -2.08. The van der Waals surface area contributed by atoms with Gasteiger partial charge in [-0.05, 0) is 37.1 Å². The minimum absolute atomic E-state index is 0.121. The van der Waals surface area contributed by atoms with E-state index in [1.165, 1.54) is 13.0 Å². The van der Waals surface area contributed by atoms with Crippen molar-refractivity contribution in [2.45, 2.75) is 20.0 Å². The fourth-order valence-corrected chi connectivity index (χ4v) is 1.38. The van der Waals surface area contributed by atoms with Crippen LogP contribution < -0.4 is 0 Å². The molecule has 0 unspecified atom stereocenters. The highest BCUT2D eigenvalue weighted by Gasteiger charge is 2.32. The Labute approximate surface area is 79.3 Å². The van der Waals surface area contributed by atoms with Gasteiger partial charge in [0.15, 0.2) is 0 Å². The smallest absolute Gasteiger partial charge is 0.166 e. The first-order valence-corrected chi connectivity index (χ1v) is 4.04. The van der Waals surface area contributed by atoms with Gasteiger partial charge in [0.2, 0.25) is 0 Å². The molecule has 72 valence electrons. The van der Waals surface area contributed by atoms with Crippen molar-refractivity contribution >= 4 is 11.6 Å². The fraction of sp³-hybridized carbons (Fsp3) is 0.333. The SMILES string of the molecule is Cc1cc(Cl)cc(C(F)(F)F)c1C. The molecule has 0 N–H and O–H groups in total. The molecule has 0 aliphatic rings. The van der Waals surface area contributed by atoms with E-state index in [4.69, 9.17) is 11.6 Å². The minimum Gasteiger partial charge on any atom is -0.166 e. The average Bonchev–Trinajstić information content (AvgIpc) is 1.94. The Kier molecular flexibility index (Phi) is 2.57. The van der Waals surface area contributed by atoms with E-state index in [0.717, 1.165) is 6.07 Å². The Hall–Kier alpha value is -0.700. The Bertz CT molecular complexity index is 328. The van der Waals surface area contributed by atoms with Crippen molar-refractivity contribution < 1.29 is 13.2 Å². The second-order valence-electron chi connectivity index (χ2n) is 2.89. The maximum absolute atomic E-state index is 12.4. The van der Waals surface area contributed by atoms with Crippen LogP contribution in [-0.4, -0.2) is 0 Å². The normalized spacial score (nSPS) is 11.8. The quantitative estimate of drug-likeness (QED) is 0.605. The van der Waals surface area contributed by atoms with Gasteiger partial charge in [0.1, 0.15) is 0 Å². The van der Waals surface area contributed by atoms with Crippen molar-refractivity contribution in [2.75, 3.05) is 0 Å². The molecule has 0 heterocycles. The van der Waals surface area contributed by atoms with Crippen LogP contribution in [0.25, 0.3) is 0 Å². The average molecular weight is 209 g/mol. The van der Waals surface area contributed by atoms with Gasteiger partial charge in [-0.3, -0.25) is 0 Å². The highest BCUT2D eigenvalue weighted by Crippen LogP contribution is 2.34. The summed E-state index contributed by atoms with van der Waals surface area (Å²) in [4.78, 5) is 0. The van der Waals surface area contributed by atoms with Crippen LogP contribution in [0.15, 0.2) is 12.1 Å². The third-order valence-electron chi connectivity index (χ3n) is 1.94. The summed E-state index contributed by atoms with van der Waals surface area (Å²) in [5.74, 6) is 0. The highest BCUT2D eigenvalue weighted by atomic mass is 35.5. The minimum atomic E-state index is -4.32. The lowest BCUT2D eigenvalue weighted by molar-refractivity contribution is -0.138. The lowest BCUT2D eigenvalue weighted by Gasteiger charge is -2.12. The fourth-order valence-electron chi connectivity index (χ4n) is 1.11. The number of halogens is 4. The van der Waals surface area contributed by atoms with Crippen molar-refractivity contribution in [1.82, 2.24) is 0 Å². The van der Waals surface area contributed by atoms with E-state index in [1.807, 2.05) is 0 Å². The van der Waals surface area contributed by atoms with Gasteiger partial charge in [0, 0.05) is 5.02 Å². The number of hydrogen-bond donors (Lipinski definition) is 0. The van der Waals surface area contributed by atoms with E-state index in [-0.39, 0.29) is 10.6 Å². The number of alkyl halides is 3. The summed E-state index contributed by atoms with van der Waals surface area (Å²) < 4.78 is 37.1. The molecule has 1 aromatic rings. The van der Waals surface area contributed by atoms with Crippen LogP contribution in [0.4, 0.5) is 13.2 Å². The van der Waals surface area contributed by atoms with Gasteiger partial charge in [0.25, 0.3) is 0 Å². The van der Waals surface area contributed by atoms with Gasteiger partial charge in [-0.25, -0.2) is 0 Å². The summed E-state index contributed by atoms with van der Waals surface area (Å²) in [5, 5.41) is 0.121. The first-order valence-electron chi connectivity index (χ1n) is 3.66. The maximum Gasteiger partial charge on any atom is 0.416 e. The van der Waals surface area contributed by atoms with Crippen molar-refractivity contribution in [3.8, 4) is 0 Å². The van der Waals surface area contributed by atoms with E-state index in [9.17, 15) is 13.2 Å². The molecule has 13 heavy (non-hydrogen) atoms. The Morgan fingerprint density at radius 1 is 1.15 bits per heavy atom. The monoisotopic (exact) mass is 208 g/mol. The molecule has 0 fully saturated rings. The predicted octanol–water partition coefficient (Wildman–Crippen LogP) is 3.98. The number of rotatable bonds is 0. The van der Waals surface area contributed by atoms with Crippen LogP contribution >= 0.6 is 11.6 Å². The molecule has 0 atom stereocenters. The molecule has 1 rings (SSSR count). The molecule has 0 aliphatic heterocycles. The molecule has 4 heteroatoms. The van der Waals surface area contributed by atoms with E-state index >= 15 is 0 Å². The zero-order valence-electron chi connectivity index (χ0n) is 7.17. The second-order valence-corrected chi connectivity index (χ2v) is 3.33. The topological polar surface area (TPSA) is 0 Å². The summed E-state index contributed by atoms with van der Waals surface area (Å²) >= 11 is 5.53. The number of aryl methyl sites for hydroxylation is 1. The van der Waals surface area contributed by atoms with Crippen LogP contribution in [0, 0.1) is 13.8 Å². The van der Waals surface area contributed by atoms with Gasteiger partial charge >= 0.3 is 6.18 Å². The first-order chi connectivity index (χ1) is 5.82. The summed E-state index contributed by atoms with van der Waals surface area (Å²) in [6.45, 7) is 3.05. The van der Waals surface area contributed by atoms with Crippen LogP contribution in [0.5, 0.6) is 0 Å². The molecule has 0 saturated carbocycles. The summed E-state index contributed by atoms with van der Waals surface area (Å²) in [6.07, 6.45) is -4.32. The van der Waals surface area contributed by atoms with Crippen molar-refractivity contribution in [1.29, 1.82) is 0 Å². The van der Waals surface area contributed by atoms with Gasteiger partial charge in [-0.15, -0.1) is 0 Å². The summed E-state index contributed by atoms with van der Waals surface area (Å²) in [7, 11) is 0. The van der Waals surface area contributed by atoms with Gasteiger partial charge < -0.3 is 0 Å². The maximum atomic E-state index is 12.4. The molecular formula is C9H8ClF3. The number of benzene rings is 1. The lowest BCUT2D eigenvalue weighted by atomic mass is 10.0. The largest absolute Gasteiger partial charge is 0.416 e. The van der Waals surface area contributed by atoms with E-state index in [0.29, 0.717) is 5.56 Å². The van der Waals surface area contributed by atoms with Crippen molar-refractivity contribution in [3.05, 3.63) is 33.8 Å². The van der Waals surface area contributed by atoms with Gasteiger partial charge in [-0.2, -0.15) is 13.2 Å². The molecule has 0 aliphatic carbocycles. The zero-order valence-corrected chi connectivity index (χ0v) is 7.92. The van der Waals surface area contributed by atoms with Crippen LogP contribution in [0.1, 0.15) is 16.7 Å². The standard InChI is InChI=1S/C9H8ClF3/c1-5-3-7(10)4-8(6(5)2)9(11,12)13/h3-4H,1-2H3. The molecule has 0 aromatic heterocycles.